The summed E-state index contributed by atoms with van der Waals surface area (Å²) in [5.74, 6) is 1.27. The van der Waals surface area contributed by atoms with Gasteiger partial charge in [-0.15, -0.1) is 0 Å². The molecule has 3 aromatic carbocycles. The van der Waals surface area contributed by atoms with Crippen LogP contribution in [0.3, 0.4) is 0 Å². The fourth-order valence-electron chi connectivity index (χ4n) is 5.80. The highest BCUT2D eigenvalue weighted by atomic mass is 16.6. The summed E-state index contributed by atoms with van der Waals surface area (Å²) in [6.45, 7) is 8.26. The molecule has 5 rings (SSSR count). The summed E-state index contributed by atoms with van der Waals surface area (Å²) in [4.78, 5) is 27.1. The smallest absolute Gasteiger partial charge is 0.411 e. The first-order chi connectivity index (χ1) is 19.7. The number of likely N-dealkylation sites (tertiary alicyclic amines) is 1. The summed E-state index contributed by atoms with van der Waals surface area (Å²) in [6, 6.07) is 25.7. The third-order valence-corrected chi connectivity index (χ3v) is 7.43. The van der Waals surface area contributed by atoms with E-state index >= 15 is 0 Å². The lowest BCUT2D eigenvalue weighted by Crippen LogP contribution is -2.25. The van der Waals surface area contributed by atoms with E-state index in [1.807, 2.05) is 93.6 Å². The van der Waals surface area contributed by atoms with Gasteiger partial charge in [-0.05, 0) is 74.8 Å². The molecule has 0 spiro atoms. The van der Waals surface area contributed by atoms with Crippen molar-refractivity contribution in [2.24, 2.45) is 11.8 Å². The number of benzene rings is 3. The van der Waals surface area contributed by atoms with Gasteiger partial charge < -0.3 is 14.2 Å². The molecule has 41 heavy (non-hydrogen) atoms. The Morgan fingerprint density at radius 2 is 1.63 bits per heavy atom. The maximum atomic E-state index is 12.8. The molecule has 2 fully saturated rings. The first kappa shape index (κ1) is 28.4. The summed E-state index contributed by atoms with van der Waals surface area (Å²) >= 11 is 0. The number of para-hydroxylation sites is 1. The molecule has 1 saturated carbocycles. The molecule has 7 heteroatoms. The van der Waals surface area contributed by atoms with Crippen LogP contribution in [0.15, 0.2) is 91.2 Å². The number of hydrogen-bond donors (Lipinski definition) is 1. The van der Waals surface area contributed by atoms with Crippen molar-refractivity contribution in [3.63, 3.8) is 0 Å². The third-order valence-electron chi connectivity index (χ3n) is 7.43. The number of ether oxygens (including phenoxy) is 3. The van der Waals surface area contributed by atoms with Crippen molar-refractivity contribution in [3.8, 4) is 16.9 Å². The van der Waals surface area contributed by atoms with Gasteiger partial charge in [0.15, 0.2) is 0 Å². The van der Waals surface area contributed by atoms with Crippen LogP contribution >= 0.6 is 0 Å². The zero-order chi connectivity index (χ0) is 28.8. The second-order valence-electron chi connectivity index (χ2n) is 11.9. The van der Waals surface area contributed by atoms with Gasteiger partial charge in [0.1, 0.15) is 17.5 Å². The number of amides is 1. The largest absolute Gasteiger partial charge is 0.465 e. The number of carbonyl (C=O) groups is 2. The molecular formula is C34H38N2O5. The Bertz CT molecular complexity index is 1370. The Morgan fingerprint density at radius 3 is 2.37 bits per heavy atom. The van der Waals surface area contributed by atoms with Crippen LogP contribution in [0.25, 0.3) is 11.1 Å². The average Bonchev–Trinajstić information content (AvgIpc) is 3.46. The van der Waals surface area contributed by atoms with Crippen molar-refractivity contribution in [3.05, 3.63) is 96.8 Å². The summed E-state index contributed by atoms with van der Waals surface area (Å²) < 4.78 is 16.8. The zero-order valence-electron chi connectivity index (χ0n) is 23.9. The number of nitrogens with zero attached hydrogens (tertiary/aromatic N) is 1. The van der Waals surface area contributed by atoms with Gasteiger partial charge in [0, 0.05) is 25.2 Å². The van der Waals surface area contributed by atoms with Crippen LogP contribution in [0.1, 0.15) is 39.2 Å². The Morgan fingerprint density at radius 1 is 0.927 bits per heavy atom. The molecule has 1 saturated heterocycles. The molecule has 0 aromatic heterocycles. The van der Waals surface area contributed by atoms with Gasteiger partial charge in [-0.1, -0.05) is 60.7 Å². The predicted octanol–water partition coefficient (Wildman–Crippen LogP) is 7.05. The quantitative estimate of drug-likeness (QED) is 0.183. The van der Waals surface area contributed by atoms with Crippen LogP contribution in [0.5, 0.6) is 5.75 Å². The van der Waals surface area contributed by atoms with E-state index in [1.54, 1.807) is 0 Å². The molecule has 7 nitrogen and oxygen atoms in total. The van der Waals surface area contributed by atoms with E-state index in [2.05, 4.69) is 16.3 Å². The molecule has 1 aliphatic carbocycles. The minimum atomic E-state index is -0.539. The van der Waals surface area contributed by atoms with Crippen LogP contribution in [-0.2, 0) is 20.8 Å². The van der Waals surface area contributed by atoms with Gasteiger partial charge >= 0.3 is 12.1 Å². The van der Waals surface area contributed by atoms with E-state index in [0.29, 0.717) is 17.6 Å². The van der Waals surface area contributed by atoms with Gasteiger partial charge in [0.05, 0.1) is 18.0 Å². The van der Waals surface area contributed by atoms with Crippen molar-refractivity contribution in [2.75, 3.05) is 18.4 Å². The minimum absolute atomic E-state index is 0.0653. The molecule has 0 radical (unpaired) electrons. The molecule has 1 N–H and O–H groups in total. The van der Waals surface area contributed by atoms with Crippen molar-refractivity contribution in [1.82, 2.24) is 4.90 Å². The van der Waals surface area contributed by atoms with Crippen molar-refractivity contribution < 1.29 is 23.8 Å². The molecule has 1 aliphatic heterocycles. The summed E-state index contributed by atoms with van der Waals surface area (Å²) in [6.07, 6.45) is 3.96. The molecular weight excluding hydrogens is 516 g/mol. The Kier molecular flexibility index (Phi) is 8.74. The van der Waals surface area contributed by atoms with E-state index in [-0.39, 0.29) is 6.10 Å². The second-order valence-corrected chi connectivity index (χ2v) is 11.9. The lowest BCUT2D eigenvalue weighted by Gasteiger charge is -2.20. The standard InChI is InChI=1S/C34H38N2O5/c1-34(2,3)41-32(37)16-17-39-28-13-9-10-24(18-28)21-36-22-26-19-29(20-27(26)23-36)40-33(38)35-31-15-8-7-14-30(31)25-11-5-4-6-12-25/h4-18,26-27,29H,19-23H2,1-3H3,(H,35,38)/t26-,27+,29+. The molecule has 214 valence electrons. The second kappa shape index (κ2) is 12.6. The Hall–Kier alpha value is -4.10. The van der Waals surface area contributed by atoms with E-state index in [1.165, 1.54) is 12.3 Å². The number of fused-ring (bicyclic) bond motifs is 1. The van der Waals surface area contributed by atoms with Gasteiger partial charge in [-0.2, -0.15) is 0 Å². The van der Waals surface area contributed by atoms with Gasteiger partial charge in [0.2, 0.25) is 0 Å². The van der Waals surface area contributed by atoms with Crippen LogP contribution in [-0.4, -0.2) is 41.8 Å². The molecule has 3 atom stereocenters. The monoisotopic (exact) mass is 554 g/mol. The minimum Gasteiger partial charge on any atom is -0.465 e. The third kappa shape index (κ3) is 7.98. The fourth-order valence-corrected chi connectivity index (χ4v) is 5.80. The van der Waals surface area contributed by atoms with Crippen LogP contribution in [0.4, 0.5) is 10.5 Å². The topological polar surface area (TPSA) is 77.1 Å². The van der Waals surface area contributed by atoms with Crippen LogP contribution in [0, 0.1) is 11.8 Å². The van der Waals surface area contributed by atoms with Crippen LogP contribution in [0.2, 0.25) is 0 Å². The van der Waals surface area contributed by atoms with E-state index in [0.717, 1.165) is 54.9 Å². The Labute approximate surface area is 242 Å². The summed E-state index contributed by atoms with van der Waals surface area (Å²) in [7, 11) is 0. The molecule has 0 bridgehead atoms. The van der Waals surface area contributed by atoms with E-state index in [9.17, 15) is 9.59 Å². The molecule has 1 heterocycles. The highest BCUT2D eigenvalue weighted by Crippen LogP contribution is 2.40. The van der Waals surface area contributed by atoms with Gasteiger partial charge in [0.25, 0.3) is 0 Å². The van der Waals surface area contributed by atoms with Gasteiger partial charge in [-0.25, -0.2) is 9.59 Å². The number of anilines is 1. The average molecular weight is 555 g/mol. The molecule has 0 unspecified atom stereocenters. The molecule has 3 aromatic rings. The summed E-state index contributed by atoms with van der Waals surface area (Å²) in [5.41, 5.74) is 3.38. The first-order valence-electron chi connectivity index (χ1n) is 14.2. The summed E-state index contributed by atoms with van der Waals surface area (Å²) in [5, 5.41) is 2.96. The maximum Gasteiger partial charge on any atom is 0.411 e. The first-order valence-corrected chi connectivity index (χ1v) is 14.2. The highest BCUT2D eigenvalue weighted by Gasteiger charge is 2.42. The SMILES string of the molecule is CC(C)(C)OC(=O)C=COc1cccc(CN2C[C@H]3C[C@H](OC(=O)Nc4ccccc4-c4ccccc4)C[C@H]3C2)c1. The number of hydrogen-bond acceptors (Lipinski definition) is 6. The highest BCUT2D eigenvalue weighted by molar-refractivity contribution is 5.91. The Balaban J connectivity index is 1.08. The lowest BCUT2D eigenvalue weighted by atomic mass is 10.0. The zero-order valence-corrected chi connectivity index (χ0v) is 23.9. The number of esters is 1. The fraction of sp³-hybridized carbons (Fsp3) is 0.353. The number of rotatable bonds is 8. The molecule has 2 aliphatic rings. The normalized spacial score (nSPS) is 20.5. The van der Waals surface area contributed by atoms with E-state index < -0.39 is 17.7 Å². The maximum absolute atomic E-state index is 12.8. The molecule has 1 amide bonds. The van der Waals surface area contributed by atoms with Gasteiger partial charge in [-0.3, -0.25) is 10.2 Å². The van der Waals surface area contributed by atoms with E-state index in [4.69, 9.17) is 14.2 Å². The van der Waals surface area contributed by atoms with Crippen molar-refractivity contribution in [2.45, 2.75) is 51.9 Å². The van der Waals surface area contributed by atoms with Crippen molar-refractivity contribution in [1.29, 1.82) is 0 Å². The lowest BCUT2D eigenvalue weighted by molar-refractivity contribution is -0.148. The van der Waals surface area contributed by atoms with Crippen LogP contribution < -0.4 is 10.1 Å². The predicted molar refractivity (Wildman–Crippen MR) is 159 cm³/mol. The van der Waals surface area contributed by atoms with Crippen molar-refractivity contribution >= 4 is 17.7 Å². The number of carbonyl (C=O) groups excluding carboxylic acids is 2. The number of nitrogens with one attached hydrogen (secondary N) is 1.